The zero-order valence-electron chi connectivity index (χ0n) is 14.7. The molecule has 1 fully saturated rings. The Bertz CT molecular complexity index is 895. The molecule has 0 radical (unpaired) electrons. The number of likely N-dealkylation sites (tertiary alicyclic amines) is 1. The maximum Gasteiger partial charge on any atom is 0.227 e. The Morgan fingerprint density at radius 3 is 3.08 bits per heavy atom. The lowest BCUT2D eigenvalue weighted by molar-refractivity contribution is -0.131. The number of furan rings is 1. The monoisotopic (exact) mass is 337 g/mol. The van der Waals surface area contributed by atoms with Gasteiger partial charge in [0.1, 0.15) is 5.58 Å². The van der Waals surface area contributed by atoms with E-state index in [9.17, 15) is 4.79 Å². The van der Waals surface area contributed by atoms with Gasteiger partial charge in [0.2, 0.25) is 5.91 Å². The summed E-state index contributed by atoms with van der Waals surface area (Å²) in [5, 5.41) is 8.17. The number of aryl methyl sites for hydroxylation is 2. The summed E-state index contributed by atoms with van der Waals surface area (Å²) < 4.78 is 5.69. The van der Waals surface area contributed by atoms with E-state index in [1.54, 1.807) is 12.5 Å². The first kappa shape index (κ1) is 15.9. The minimum Gasteiger partial charge on any atom is -0.464 e. The van der Waals surface area contributed by atoms with Gasteiger partial charge in [-0.3, -0.25) is 9.89 Å². The van der Waals surface area contributed by atoms with Gasteiger partial charge in [-0.25, -0.2) is 0 Å². The smallest absolute Gasteiger partial charge is 0.227 e. The van der Waals surface area contributed by atoms with E-state index in [0.29, 0.717) is 12.3 Å². The first-order valence-electron chi connectivity index (χ1n) is 8.86. The molecule has 25 heavy (non-hydrogen) atoms. The number of H-pyrrole nitrogens is 1. The van der Waals surface area contributed by atoms with Gasteiger partial charge in [-0.15, -0.1) is 0 Å². The molecule has 0 bridgehead atoms. The van der Waals surface area contributed by atoms with Gasteiger partial charge < -0.3 is 9.32 Å². The average molecular weight is 337 g/mol. The molecular weight excluding hydrogens is 314 g/mol. The molecule has 1 saturated heterocycles. The van der Waals surface area contributed by atoms with Crippen LogP contribution >= 0.6 is 0 Å². The highest BCUT2D eigenvalue weighted by molar-refractivity contribution is 5.90. The van der Waals surface area contributed by atoms with Crippen molar-refractivity contribution in [3.63, 3.8) is 0 Å². The largest absolute Gasteiger partial charge is 0.464 e. The van der Waals surface area contributed by atoms with Gasteiger partial charge in [0, 0.05) is 41.8 Å². The number of benzene rings is 1. The molecular formula is C20H23N3O2. The zero-order chi connectivity index (χ0) is 17.4. The van der Waals surface area contributed by atoms with Gasteiger partial charge in [0.25, 0.3) is 0 Å². The first-order valence-corrected chi connectivity index (χ1v) is 8.86. The second kappa shape index (κ2) is 6.39. The molecule has 0 unspecified atom stereocenters. The Kier molecular flexibility index (Phi) is 4.07. The third-order valence-corrected chi connectivity index (χ3v) is 5.17. The normalized spacial score (nSPS) is 18.0. The molecule has 1 atom stereocenters. The standard InChI is InChI=1S/C20H23N3O2/c1-13-8-14(2)20-16(12-25-18(20)9-13)10-19(24)23-7-3-4-15(11-23)17-5-6-21-22-17/h5-6,8-9,12,15H,3-4,7,10-11H2,1-2H3,(H,21,22)/t15-/m0/s1. The molecule has 4 rings (SSSR count). The number of hydrogen-bond donors (Lipinski definition) is 1. The lowest BCUT2D eigenvalue weighted by atomic mass is 9.94. The number of nitrogens with one attached hydrogen (secondary N) is 1. The fourth-order valence-electron chi connectivity index (χ4n) is 3.98. The highest BCUT2D eigenvalue weighted by atomic mass is 16.3. The van der Waals surface area contributed by atoms with Crippen LogP contribution in [-0.4, -0.2) is 34.1 Å². The highest BCUT2D eigenvalue weighted by Gasteiger charge is 2.26. The SMILES string of the molecule is Cc1cc(C)c2c(CC(=O)N3CCC[C@H](c4ccn[nH]4)C3)coc2c1. The number of hydrogen-bond acceptors (Lipinski definition) is 3. The van der Waals surface area contributed by atoms with Crippen LogP contribution in [0.15, 0.2) is 35.1 Å². The zero-order valence-corrected chi connectivity index (χ0v) is 14.7. The molecule has 5 nitrogen and oxygen atoms in total. The Hall–Kier alpha value is -2.56. The summed E-state index contributed by atoms with van der Waals surface area (Å²) in [4.78, 5) is 14.8. The molecule has 1 amide bonds. The van der Waals surface area contributed by atoms with Crippen LogP contribution in [0.2, 0.25) is 0 Å². The van der Waals surface area contributed by atoms with Crippen molar-refractivity contribution in [3.05, 3.63) is 53.0 Å². The van der Waals surface area contributed by atoms with E-state index in [4.69, 9.17) is 4.42 Å². The van der Waals surface area contributed by atoms with E-state index in [1.165, 1.54) is 11.1 Å². The summed E-state index contributed by atoms with van der Waals surface area (Å²) in [6.07, 6.45) is 6.04. The number of carbonyl (C=O) groups is 1. The molecule has 1 aliphatic rings. The van der Waals surface area contributed by atoms with Crippen LogP contribution < -0.4 is 0 Å². The molecule has 0 spiro atoms. The van der Waals surface area contributed by atoms with E-state index >= 15 is 0 Å². The van der Waals surface area contributed by atoms with Crippen molar-refractivity contribution in [2.45, 2.75) is 39.0 Å². The topological polar surface area (TPSA) is 62.1 Å². The lowest BCUT2D eigenvalue weighted by Gasteiger charge is -2.32. The number of fused-ring (bicyclic) bond motifs is 1. The summed E-state index contributed by atoms with van der Waals surface area (Å²) in [5.41, 5.74) is 5.32. The minimum absolute atomic E-state index is 0.173. The van der Waals surface area contributed by atoms with Crippen LogP contribution in [0.1, 0.15) is 41.1 Å². The molecule has 1 aliphatic heterocycles. The van der Waals surface area contributed by atoms with E-state index in [2.05, 4.69) is 30.1 Å². The Balaban J connectivity index is 1.52. The Morgan fingerprint density at radius 1 is 1.40 bits per heavy atom. The number of amides is 1. The van der Waals surface area contributed by atoms with Gasteiger partial charge in [-0.1, -0.05) is 6.07 Å². The quantitative estimate of drug-likeness (QED) is 0.792. The Labute approximate surface area is 147 Å². The van der Waals surface area contributed by atoms with Crippen LogP contribution in [0.4, 0.5) is 0 Å². The van der Waals surface area contributed by atoms with Gasteiger partial charge in [-0.05, 0) is 49.9 Å². The van der Waals surface area contributed by atoms with Crippen LogP contribution in [0.3, 0.4) is 0 Å². The summed E-state index contributed by atoms with van der Waals surface area (Å²) in [6.45, 7) is 5.73. The predicted octanol–water partition coefficient (Wildman–Crippen LogP) is 3.72. The van der Waals surface area contributed by atoms with Crippen molar-refractivity contribution in [1.29, 1.82) is 0 Å². The van der Waals surface area contributed by atoms with Crippen LogP contribution in [0.5, 0.6) is 0 Å². The molecule has 5 heteroatoms. The lowest BCUT2D eigenvalue weighted by Crippen LogP contribution is -2.40. The van der Waals surface area contributed by atoms with Crippen molar-refractivity contribution in [3.8, 4) is 0 Å². The molecule has 1 aromatic carbocycles. The fourth-order valence-corrected chi connectivity index (χ4v) is 3.98. The van der Waals surface area contributed by atoms with Crippen LogP contribution in [0.25, 0.3) is 11.0 Å². The second-order valence-electron chi connectivity index (χ2n) is 7.08. The number of rotatable bonds is 3. The summed E-state index contributed by atoms with van der Waals surface area (Å²) >= 11 is 0. The molecule has 3 heterocycles. The number of nitrogens with zero attached hydrogens (tertiary/aromatic N) is 2. The highest BCUT2D eigenvalue weighted by Crippen LogP contribution is 2.29. The van der Waals surface area contributed by atoms with Gasteiger partial charge >= 0.3 is 0 Å². The minimum atomic E-state index is 0.173. The van der Waals surface area contributed by atoms with Crippen molar-refractivity contribution < 1.29 is 9.21 Å². The third kappa shape index (κ3) is 3.06. The van der Waals surface area contributed by atoms with Crippen molar-refractivity contribution >= 4 is 16.9 Å². The molecule has 2 aromatic heterocycles. The Morgan fingerprint density at radius 2 is 2.28 bits per heavy atom. The van der Waals surface area contributed by atoms with Crippen molar-refractivity contribution in [2.24, 2.45) is 0 Å². The van der Waals surface area contributed by atoms with E-state index < -0.39 is 0 Å². The van der Waals surface area contributed by atoms with Crippen LogP contribution in [0, 0.1) is 13.8 Å². The van der Waals surface area contributed by atoms with Gasteiger partial charge in [-0.2, -0.15) is 5.10 Å². The molecule has 0 saturated carbocycles. The van der Waals surface area contributed by atoms with E-state index in [0.717, 1.165) is 48.2 Å². The average Bonchev–Trinajstić information content (AvgIpc) is 3.25. The number of piperidine rings is 1. The fraction of sp³-hybridized carbons (Fsp3) is 0.400. The second-order valence-corrected chi connectivity index (χ2v) is 7.08. The maximum atomic E-state index is 12.9. The molecule has 1 N–H and O–H groups in total. The number of carbonyl (C=O) groups excluding carboxylic acids is 1. The molecule has 130 valence electrons. The van der Waals surface area contributed by atoms with E-state index in [1.807, 2.05) is 17.0 Å². The third-order valence-electron chi connectivity index (χ3n) is 5.17. The van der Waals surface area contributed by atoms with Crippen molar-refractivity contribution in [2.75, 3.05) is 13.1 Å². The predicted molar refractivity (Wildman–Crippen MR) is 96.5 cm³/mol. The van der Waals surface area contributed by atoms with Crippen LogP contribution in [-0.2, 0) is 11.2 Å². The number of aromatic nitrogens is 2. The number of aromatic amines is 1. The first-order chi connectivity index (χ1) is 12.1. The molecule has 3 aromatic rings. The summed E-state index contributed by atoms with van der Waals surface area (Å²) in [6, 6.07) is 6.18. The summed E-state index contributed by atoms with van der Waals surface area (Å²) in [5.74, 6) is 0.526. The molecule has 0 aliphatic carbocycles. The summed E-state index contributed by atoms with van der Waals surface area (Å²) in [7, 11) is 0. The van der Waals surface area contributed by atoms with Gasteiger partial charge in [0.05, 0.1) is 12.7 Å². The van der Waals surface area contributed by atoms with E-state index in [-0.39, 0.29) is 5.91 Å². The van der Waals surface area contributed by atoms with Crippen molar-refractivity contribution in [1.82, 2.24) is 15.1 Å². The van der Waals surface area contributed by atoms with Gasteiger partial charge in [0.15, 0.2) is 0 Å². The maximum absolute atomic E-state index is 12.9.